The summed E-state index contributed by atoms with van der Waals surface area (Å²) in [5.41, 5.74) is 0. The van der Waals surface area contributed by atoms with Gasteiger partial charge in [0.25, 0.3) is 0 Å². The van der Waals surface area contributed by atoms with Crippen LogP contribution in [0.4, 0.5) is 0 Å². The molecule has 0 aliphatic rings. The molecule has 0 saturated carbocycles. The van der Waals surface area contributed by atoms with E-state index in [4.69, 9.17) is 15.3 Å². The fraction of sp³-hybridized carbons (Fsp3) is 0. The van der Waals surface area contributed by atoms with Crippen molar-refractivity contribution in [2.75, 3.05) is 0 Å². The Balaban J connectivity index is -0.0000000450. The smallest absolute Gasteiger partial charge is 0.870 e. The van der Waals surface area contributed by atoms with Gasteiger partial charge in [0.15, 0.2) is 0 Å². The minimum atomic E-state index is -1.75. The van der Waals surface area contributed by atoms with Gasteiger partial charge < -0.3 is 20.8 Å². The van der Waals surface area contributed by atoms with Crippen LogP contribution in [0.2, 0.25) is 0 Å². The van der Waals surface area contributed by atoms with Crippen molar-refractivity contribution in [3.8, 4) is 0 Å². The minimum absolute atomic E-state index is 0. The largest absolute Gasteiger partial charge is 2.00 e. The normalized spacial score (nSPS) is 4.00. The quantitative estimate of drug-likeness (QED) is 0.442. The molecular formula is HNO4Pt. The molecule has 6 heavy (non-hydrogen) atoms. The third-order valence-electron chi connectivity index (χ3n) is 0. The van der Waals surface area contributed by atoms with Gasteiger partial charge >= 0.3 is 21.1 Å². The molecule has 0 radical (unpaired) electrons. The first-order valence-corrected chi connectivity index (χ1v) is 0.548. The van der Waals surface area contributed by atoms with Crippen LogP contribution in [0.1, 0.15) is 0 Å². The predicted octanol–water partition coefficient (Wildman–Crippen LogP) is -0.418. The SMILES string of the molecule is O=[N+]([O-])[O-].[OH-].[Pt+2]. The first-order chi connectivity index (χ1) is 1.73. The Morgan fingerprint density at radius 3 is 1.33 bits per heavy atom. The first-order valence-electron chi connectivity index (χ1n) is 0.548. The van der Waals surface area contributed by atoms with Gasteiger partial charge in [0, 0.05) is 0 Å². The summed E-state index contributed by atoms with van der Waals surface area (Å²) in [6.45, 7) is 0. The van der Waals surface area contributed by atoms with Gasteiger partial charge in [0.2, 0.25) is 0 Å². The topological polar surface area (TPSA) is 96.2 Å². The molecular weight excluding hydrogens is 273 g/mol. The van der Waals surface area contributed by atoms with E-state index >= 15 is 0 Å². The zero-order valence-electron chi connectivity index (χ0n) is 2.44. The summed E-state index contributed by atoms with van der Waals surface area (Å²) in [4.78, 5) is 8.25. The van der Waals surface area contributed by atoms with Crippen molar-refractivity contribution in [3.63, 3.8) is 0 Å². The summed E-state index contributed by atoms with van der Waals surface area (Å²) in [6, 6.07) is 0. The molecule has 0 atom stereocenters. The molecule has 0 fully saturated rings. The molecule has 0 amide bonds. The summed E-state index contributed by atoms with van der Waals surface area (Å²) in [5, 5.41) is 14.8. The third-order valence-corrected chi connectivity index (χ3v) is 0. The summed E-state index contributed by atoms with van der Waals surface area (Å²) >= 11 is 0. The van der Waals surface area contributed by atoms with Crippen molar-refractivity contribution in [2.24, 2.45) is 0 Å². The monoisotopic (exact) mass is 274 g/mol. The van der Waals surface area contributed by atoms with E-state index in [1.165, 1.54) is 0 Å². The van der Waals surface area contributed by atoms with Crippen LogP contribution in [0, 0.1) is 15.3 Å². The molecule has 0 aliphatic carbocycles. The Kier molecular flexibility index (Phi) is 25.0. The van der Waals surface area contributed by atoms with Crippen molar-refractivity contribution in [3.05, 3.63) is 15.3 Å². The van der Waals surface area contributed by atoms with Crippen molar-refractivity contribution < 1.29 is 31.6 Å². The second kappa shape index (κ2) is 8.85. The summed E-state index contributed by atoms with van der Waals surface area (Å²) in [7, 11) is 0. The van der Waals surface area contributed by atoms with Crippen LogP contribution in [-0.2, 0) is 21.1 Å². The van der Waals surface area contributed by atoms with E-state index in [0.29, 0.717) is 0 Å². The van der Waals surface area contributed by atoms with Gasteiger partial charge in [-0.15, -0.1) is 0 Å². The molecule has 0 heterocycles. The Hall–Kier alpha value is -0.152. The first kappa shape index (κ1) is 16.9. The fourth-order valence-corrected chi connectivity index (χ4v) is 0. The van der Waals surface area contributed by atoms with Crippen LogP contribution >= 0.6 is 0 Å². The average Bonchev–Trinajstić information content (AvgIpc) is 0.811. The van der Waals surface area contributed by atoms with Crippen LogP contribution in [0.15, 0.2) is 0 Å². The number of rotatable bonds is 0. The standard InChI is InChI=1S/NO3.H2O.Pt/c2-1(3)4;;/h;1H2;/q-1;;+2/p-1. The second-order valence-electron chi connectivity index (χ2n) is 0.224. The Morgan fingerprint density at radius 1 is 1.33 bits per heavy atom. The molecule has 0 unspecified atom stereocenters. The number of nitrogens with zero attached hydrogens (tertiary/aromatic N) is 1. The second-order valence-corrected chi connectivity index (χ2v) is 0.224. The van der Waals surface area contributed by atoms with Crippen molar-refractivity contribution in [1.29, 1.82) is 0 Å². The average molecular weight is 274 g/mol. The third kappa shape index (κ3) is 1360. The fourth-order valence-electron chi connectivity index (χ4n) is 0. The van der Waals surface area contributed by atoms with E-state index in [9.17, 15) is 0 Å². The summed E-state index contributed by atoms with van der Waals surface area (Å²) in [6.07, 6.45) is 0. The van der Waals surface area contributed by atoms with E-state index in [-0.39, 0.29) is 26.5 Å². The molecule has 0 aromatic rings. The molecule has 40 valence electrons. The molecule has 5 nitrogen and oxygen atoms in total. The van der Waals surface area contributed by atoms with Crippen LogP contribution < -0.4 is 0 Å². The summed E-state index contributed by atoms with van der Waals surface area (Å²) < 4.78 is 0. The van der Waals surface area contributed by atoms with Crippen LogP contribution in [0.5, 0.6) is 0 Å². The van der Waals surface area contributed by atoms with Crippen molar-refractivity contribution in [2.45, 2.75) is 0 Å². The van der Waals surface area contributed by atoms with Crippen LogP contribution in [-0.4, -0.2) is 10.6 Å². The Bertz CT molecular complexity index is 30.5. The van der Waals surface area contributed by atoms with Crippen molar-refractivity contribution in [1.82, 2.24) is 0 Å². The van der Waals surface area contributed by atoms with Gasteiger partial charge in [-0.25, -0.2) is 0 Å². The van der Waals surface area contributed by atoms with Gasteiger partial charge in [-0.2, -0.15) is 0 Å². The molecule has 0 aliphatic heterocycles. The number of hydrogen-bond donors (Lipinski definition) is 0. The molecule has 1 N–H and O–H groups in total. The van der Waals surface area contributed by atoms with Gasteiger partial charge in [0.05, 0.1) is 5.09 Å². The molecule has 0 saturated heterocycles. The summed E-state index contributed by atoms with van der Waals surface area (Å²) in [5.74, 6) is 0. The molecule has 0 rings (SSSR count). The van der Waals surface area contributed by atoms with E-state index in [1.807, 2.05) is 0 Å². The molecule has 0 aromatic heterocycles. The Labute approximate surface area is 47.6 Å². The molecule has 0 aromatic carbocycles. The zero-order chi connectivity index (χ0) is 3.58. The molecule has 6 heteroatoms. The molecule has 0 spiro atoms. The van der Waals surface area contributed by atoms with Gasteiger partial charge in [-0.3, -0.25) is 0 Å². The van der Waals surface area contributed by atoms with Gasteiger partial charge in [-0.05, 0) is 0 Å². The van der Waals surface area contributed by atoms with E-state index in [2.05, 4.69) is 0 Å². The minimum Gasteiger partial charge on any atom is -0.870 e. The van der Waals surface area contributed by atoms with E-state index in [1.54, 1.807) is 0 Å². The van der Waals surface area contributed by atoms with Gasteiger partial charge in [0.1, 0.15) is 0 Å². The molecule has 0 bridgehead atoms. The maximum absolute atomic E-state index is 8.25. The maximum Gasteiger partial charge on any atom is 2.00 e. The van der Waals surface area contributed by atoms with Crippen molar-refractivity contribution >= 4 is 0 Å². The van der Waals surface area contributed by atoms with E-state index in [0.717, 1.165) is 0 Å². The predicted molar refractivity (Wildman–Crippen MR) is 12.3 cm³/mol. The van der Waals surface area contributed by atoms with Crippen LogP contribution in [0.3, 0.4) is 0 Å². The van der Waals surface area contributed by atoms with Crippen LogP contribution in [0.25, 0.3) is 0 Å². The zero-order valence-corrected chi connectivity index (χ0v) is 4.71. The number of hydrogen-bond acceptors (Lipinski definition) is 4. The van der Waals surface area contributed by atoms with Gasteiger partial charge in [-0.1, -0.05) is 0 Å². The van der Waals surface area contributed by atoms with E-state index < -0.39 is 5.09 Å². The Morgan fingerprint density at radius 2 is 1.33 bits per heavy atom. The maximum atomic E-state index is 8.25.